The molecule has 0 heterocycles. The van der Waals surface area contributed by atoms with Crippen LogP contribution in [0.25, 0.3) is 6.08 Å². The molecule has 0 saturated heterocycles. The van der Waals surface area contributed by atoms with Gasteiger partial charge in [-0.05, 0) is 74.2 Å². The molecular weight excluding hydrogens is 703 g/mol. The molecule has 214 valence electrons. The van der Waals surface area contributed by atoms with Crippen LogP contribution >= 0.6 is 43.5 Å². The van der Waals surface area contributed by atoms with Gasteiger partial charge in [0, 0.05) is 8.95 Å². The summed E-state index contributed by atoms with van der Waals surface area (Å²) in [4.78, 5) is 23.8. The van der Waals surface area contributed by atoms with E-state index in [1.807, 2.05) is 5.32 Å². The Kier molecular flexibility index (Phi) is 10.6. The van der Waals surface area contributed by atoms with E-state index in [1.54, 1.807) is 5.32 Å². The summed E-state index contributed by atoms with van der Waals surface area (Å²) < 4.78 is 120. The van der Waals surface area contributed by atoms with Crippen LogP contribution in [-0.4, -0.2) is 30.3 Å². The SMILES string of the molecule is C[C@H](NC(=O)CC(F)(F)F)NC(=O)c1ccc(C=CC(c2cc(Br)c(Cl)c(Br)c2)C(F)(F)F)cc1C(F)(F)F. The molecule has 0 radical (unpaired) electrons. The predicted octanol–water partition coefficient (Wildman–Crippen LogP) is 8.39. The van der Waals surface area contributed by atoms with E-state index in [1.165, 1.54) is 0 Å². The minimum atomic E-state index is -5.13. The van der Waals surface area contributed by atoms with Gasteiger partial charge in [0.25, 0.3) is 5.91 Å². The number of alkyl halides is 9. The van der Waals surface area contributed by atoms with Crippen LogP contribution in [0.3, 0.4) is 0 Å². The predicted molar refractivity (Wildman–Crippen MR) is 132 cm³/mol. The maximum atomic E-state index is 13.8. The highest BCUT2D eigenvalue weighted by Gasteiger charge is 2.40. The Hall–Kier alpha value is -2.26. The third-order valence-electron chi connectivity index (χ3n) is 4.88. The Balaban J connectivity index is 2.36. The van der Waals surface area contributed by atoms with Crippen LogP contribution in [0.15, 0.2) is 45.4 Å². The summed E-state index contributed by atoms with van der Waals surface area (Å²) >= 11 is 12.0. The van der Waals surface area contributed by atoms with Crippen molar-refractivity contribution in [1.29, 1.82) is 0 Å². The van der Waals surface area contributed by atoms with Crippen LogP contribution in [0.4, 0.5) is 39.5 Å². The second kappa shape index (κ2) is 12.5. The Morgan fingerprint density at radius 3 is 2.00 bits per heavy atom. The molecule has 2 aromatic carbocycles. The Labute approximate surface area is 237 Å². The van der Waals surface area contributed by atoms with E-state index < -0.39 is 60.0 Å². The zero-order valence-electron chi connectivity index (χ0n) is 19.3. The number of benzene rings is 2. The van der Waals surface area contributed by atoms with Crippen LogP contribution in [-0.2, 0) is 11.0 Å². The van der Waals surface area contributed by atoms with Gasteiger partial charge in [-0.1, -0.05) is 29.8 Å². The number of hydrogen-bond acceptors (Lipinski definition) is 2. The first-order chi connectivity index (χ1) is 17.7. The number of nitrogens with one attached hydrogen (secondary N) is 2. The molecule has 2 amide bonds. The monoisotopic (exact) mass is 716 g/mol. The molecule has 0 aromatic heterocycles. The van der Waals surface area contributed by atoms with Crippen molar-refractivity contribution in [3.05, 3.63) is 72.6 Å². The topological polar surface area (TPSA) is 58.2 Å². The molecule has 4 nitrogen and oxygen atoms in total. The molecule has 0 aliphatic heterocycles. The molecule has 0 aliphatic carbocycles. The van der Waals surface area contributed by atoms with E-state index in [0.717, 1.165) is 31.2 Å². The van der Waals surface area contributed by atoms with Crippen LogP contribution < -0.4 is 10.6 Å². The van der Waals surface area contributed by atoms with E-state index in [0.29, 0.717) is 18.2 Å². The van der Waals surface area contributed by atoms with Crippen molar-refractivity contribution >= 4 is 61.4 Å². The van der Waals surface area contributed by atoms with E-state index in [4.69, 9.17) is 11.6 Å². The van der Waals surface area contributed by atoms with Gasteiger partial charge in [-0.25, -0.2) is 0 Å². The lowest BCUT2D eigenvalue weighted by Crippen LogP contribution is -2.47. The molecule has 0 saturated carbocycles. The number of carbonyl (C=O) groups is 2. The molecule has 2 N–H and O–H groups in total. The van der Waals surface area contributed by atoms with E-state index in [9.17, 15) is 49.1 Å². The average Bonchev–Trinajstić information content (AvgIpc) is 2.74. The first-order valence-electron chi connectivity index (χ1n) is 10.5. The summed E-state index contributed by atoms with van der Waals surface area (Å²) in [7, 11) is 0. The van der Waals surface area contributed by atoms with E-state index >= 15 is 0 Å². The second-order valence-corrected chi connectivity index (χ2v) is 10.1. The molecule has 1 unspecified atom stereocenters. The van der Waals surface area contributed by atoms with Gasteiger partial charge < -0.3 is 10.6 Å². The minimum absolute atomic E-state index is 0.113. The smallest absolute Gasteiger partial charge is 0.336 e. The van der Waals surface area contributed by atoms with Crippen molar-refractivity contribution in [2.45, 2.75) is 44.0 Å². The molecular formula is C23H16Br2ClF9N2O2. The molecule has 16 heteroatoms. The highest BCUT2D eigenvalue weighted by atomic mass is 79.9. The van der Waals surface area contributed by atoms with Crippen LogP contribution in [0, 0.1) is 0 Å². The zero-order valence-corrected chi connectivity index (χ0v) is 23.2. The number of hydrogen-bond donors (Lipinski definition) is 2. The Bertz CT molecular complexity index is 1240. The van der Waals surface area contributed by atoms with Crippen molar-refractivity contribution in [2.75, 3.05) is 0 Å². The Morgan fingerprint density at radius 2 is 1.51 bits per heavy atom. The highest BCUT2D eigenvalue weighted by Crippen LogP contribution is 2.41. The van der Waals surface area contributed by atoms with Crippen molar-refractivity contribution in [2.24, 2.45) is 0 Å². The molecule has 2 rings (SSSR count). The standard InChI is InChI=1S/C23H16Br2ClF9N2O2/c1-10(36-18(38)9-21(27,28)29)37-20(39)13-4-2-11(6-15(13)23(33,34)35)3-5-14(22(30,31)32)12-7-16(24)19(26)17(25)8-12/h2-8,10,14H,9H2,1H3,(H,36,38)(H,37,39)/t10-,14?/m1/s1. The van der Waals surface area contributed by atoms with Crippen molar-refractivity contribution in [3.63, 3.8) is 0 Å². The number of rotatable bonds is 7. The average molecular weight is 719 g/mol. The summed E-state index contributed by atoms with van der Waals surface area (Å²) in [6.45, 7) is 1.03. The van der Waals surface area contributed by atoms with Gasteiger partial charge in [0.2, 0.25) is 5.91 Å². The van der Waals surface area contributed by atoms with Gasteiger partial charge in [0.15, 0.2) is 0 Å². The lowest BCUT2D eigenvalue weighted by atomic mass is 9.96. The van der Waals surface area contributed by atoms with Crippen molar-refractivity contribution < 1.29 is 49.1 Å². The summed E-state index contributed by atoms with van der Waals surface area (Å²) in [5.74, 6) is -5.15. The van der Waals surface area contributed by atoms with Crippen LogP contribution in [0.1, 0.15) is 46.3 Å². The molecule has 2 aromatic rings. The number of amides is 2. The largest absolute Gasteiger partial charge is 0.417 e. The molecule has 0 spiro atoms. The molecule has 0 fully saturated rings. The van der Waals surface area contributed by atoms with Gasteiger partial charge in [0.05, 0.1) is 28.2 Å². The van der Waals surface area contributed by atoms with Gasteiger partial charge in [0.1, 0.15) is 6.42 Å². The van der Waals surface area contributed by atoms with Crippen LogP contribution in [0.2, 0.25) is 5.02 Å². The first kappa shape index (κ1) is 32.9. The molecule has 0 bridgehead atoms. The molecule has 0 aliphatic rings. The molecule has 39 heavy (non-hydrogen) atoms. The summed E-state index contributed by atoms with van der Waals surface area (Å²) in [5.41, 5.74) is -3.08. The lowest BCUT2D eigenvalue weighted by Gasteiger charge is -2.19. The highest BCUT2D eigenvalue weighted by molar-refractivity contribution is 9.11. The quantitative estimate of drug-likeness (QED) is 0.172. The van der Waals surface area contributed by atoms with Gasteiger partial charge in [-0.15, -0.1) is 0 Å². The zero-order chi connectivity index (χ0) is 29.9. The van der Waals surface area contributed by atoms with Crippen molar-refractivity contribution in [1.82, 2.24) is 10.6 Å². The second-order valence-electron chi connectivity index (χ2n) is 8.03. The third kappa shape index (κ3) is 9.71. The van der Waals surface area contributed by atoms with Gasteiger partial charge in [-0.2, -0.15) is 39.5 Å². The maximum absolute atomic E-state index is 13.8. The number of allylic oxidation sites excluding steroid dienone is 1. The Morgan fingerprint density at radius 1 is 0.949 bits per heavy atom. The summed E-state index contributed by atoms with van der Waals surface area (Å²) in [6, 6.07) is 4.31. The molecule has 2 atom stereocenters. The summed E-state index contributed by atoms with van der Waals surface area (Å²) in [5, 5.41) is 3.82. The fraction of sp³-hybridized carbons (Fsp3) is 0.304. The van der Waals surface area contributed by atoms with Crippen molar-refractivity contribution in [3.8, 4) is 0 Å². The van der Waals surface area contributed by atoms with Crippen LogP contribution in [0.5, 0.6) is 0 Å². The van der Waals surface area contributed by atoms with Gasteiger partial charge >= 0.3 is 18.5 Å². The first-order valence-corrected chi connectivity index (χ1v) is 12.4. The maximum Gasteiger partial charge on any atom is 0.417 e. The fourth-order valence-electron chi connectivity index (χ4n) is 3.25. The minimum Gasteiger partial charge on any atom is -0.336 e. The number of carbonyl (C=O) groups excluding carboxylic acids is 2. The van der Waals surface area contributed by atoms with E-state index in [2.05, 4.69) is 31.9 Å². The van der Waals surface area contributed by atoms with E-state index in [-0.39, 0.29) is 25.1 Å². The summed E-state index contributed by atoms with van der Waals surface area (Å²) in [6.07, 6.45) is -16.7. The third-order valence-corrected chi connectivity index (χ3v) is 6.99. The van der Waals surface area contributed by atoms with Gasteiger partial charge in [-0.3, -0.25) is 9.59 Å². The number of halogens is 12. The fourth-order valence-corrected chi connectivity index (χ4v) is 4.59. The lowest BCUT2D eigenvalue weighted by molar-refractivity contribution is -0.154. The normalized spacial score (nSPS) is 14.3.